The second-order valence-corrected chi connectivity index (χ2v) is 5.98. The molecule has 0 unspecified atom stereocenters. The molecule has 1 aromatic carbocycles. The molecular formula is C17H16ClF2N3. The summed E-state index contributed by atoms with van der Waals surface area (Å²) in [7, 11) is 0. The molecule has 23 heavy (non-hydrogen) atoms. The van der Waals surface area contributed by atoms with Crippen molar-refractivity contribution in [3.8, 4) is 11.3 Å². The molecule has 0 saturated heterocycles. The van der Waals surface area contributed by atoms with E-state index in [0.29, 0.717) is 11.1 Å². The van der Waals surface area contributed by atoms with Gasteiger partial charge >= 0.3 is 0 Å². The van der Waals surface area contributed by atoms with Gasteiger partial charge < -0.3 is 0 Å². The molecule has 0 radical (unpaired) electrons. The van der Waals surface area contributed by atoms with Crippen molar-refractivity contribution >= 4 is 23.0 Å². The van der Waals surface area contributed by atoms with Gasteiger partial charge in [0.1, 0.15) is 17.2 Å². The third-order valence-corrected chi connectivity index (χ3v) is 4.94. The van der Waals surface area contributed by atoms with Crippen LogP contribution in [0.3, 0.4) is 0 Å². The highest BCUT2D eigenvalue weighted by atomic mass is 35.5. The molecule has 0 saturated carbocycles. The van der Waals surface area contributed by atoms with Crippen LogP contribution in [0.4, 0.5) is 14.5 Å². The van der Waals surface area contributed by atoms with Gasteiger partial charge in [0.2, 0.25) is 5.28 Å². The van der Waals surface area contributed by atoms with Crippen LogP contribution in [-0.2, 0) is 5.41 Å². The summed E-state index contributed by atoms with van der Waals surface area (Å²) in [5.74, 6) is -0.999. The van der Waals surface area contributed by atoms with Gasteiger partial charge in [0, 0.05) is 22.3 Å². The Morgan fingerprint density at radius 2 is 1.83 bits per heavy atom. The second-order valence-electron chi connectivity index (χ2n) is 5.64. The van der Waals surface area contributed by atoms with E-state index in [4.69, 9.17) is 11.6 Å². The molecule has 2 aromatic rings. The van der Waals surface area contributed by atoms with Crippen LogP contribution in [0.15, 0.2) is 23.3 Å². The van der Waals surface area contributed by atoms with Crippen LogP contribution < -0.4 is 0 Å². The van der Waals surface area contributed by atoms with Crippen molar-refractivity contribution in [3.05, 3.63) is 40.8 Å². The fourth-order valence-electron chi connectivity index (χ4n) is 3.46. The average molecular weight is 336 g/mol. The molecular weight excluding hydrogens is 320 g/mol. The van der Waals surface area contributed by atoms with E-state index >= 15 is 0 Å². The third-order valence-electron chi connectivity index (χ3n) is 4.76. The lowest BCUT2D eigenvalue weighted by Crippen LogP contribution is -2.30. The number of hydrogen-bond donors (Lipinski definition) is 0. The summed E-state index contributed by atoms with van der Waals surface area (Å²) in [4.78, 5) is 12.1. The van der Waals surface area contributed by atoms with Crippen molar-refractivity contribution < 1.29 is 8.78 Å². The van der Waals surface area contributed by atoms with E-state index in [1.54, 1.807) is 6.07 Å². The number of benzene rings is 1. The summed E-state index contributed by atoms with van der Waals surface area (Å²) >= 11 is 5.82. The molecule has 3 nitrogen and oxygen atoms in total. The fraction of sp³-hybridized carbons (Fsp3) is 0.353. The van der Waals surface area contributed by atoms with Crippen molar-refractivity contribution in [1.29, 1.82) is 0 Å². The topological polar surface area (TPSA) is 38.1 Å². The van der Waals surface area contributed by atoms with Crippen molar-refractivity contribution in [2.24, 2.45) is 4.99 Å². The van der Waals surface area contributed by atoms with Crippen molar-refractivity contribution in [1.82, 2.24) is 9.97 Å². The Balaban J connectivity index is 2.36. The van der Waals surface area contributed by atoms with Gasteiger partial charge in [-0.2, -0.15) is 0 Å². The predicted octanol–water partition coefficient (Wildman–Crippen LogP) is 5.24. The van der Waals surface area contributed by atoms with Gasteiger partial charge in [0.15, 0.2) is 5.82 Å². The molecule has 1 aliphatic rings. The quantitative estimate of drug-likeness (QED) is 0.719. The van der Waals surface area contributed by atoms with Gasteiger partial charge in [-0.15, -0.1) is 0 Å². The van der Waals surface area contributed by atoms with Gasteiger partial charge in [-0.3, -0.25) is 4.99 Å². The van der Waals surface area contributed by atoms with E-state index in [9.17, 15) is 8.78 Å². The maximum atomic E-state index is 14.3. The Bertz CT molecular complexity index is 814. The molecule has 0 bridgehead atoms. The molecule has 0 spiro atoms. The fourth-order valence-corrected chi connectivity index (χ4v) is 3.60. The predicted molar refractivity (Wildman–Crippen MR) is 87.4 cm³/mol. The molecule has 1 aromatic heterocycles. The largest absolute Gasteiger partial charge is 0.254 e. The summed E-state index contributed by atoms with van der Waals surface area (Å²) in [5, 5.41) is -0.0475. The molecule has 120 valence electrons. The van der Waals surface area contributed by atoms with E-state index in [1.165, 1.54) is 6.07 Å². The number of hydrogen-bond acceptors (Lipinski definition) is 3. The Morgan fingerprint density at radius 3 is 2.48 bits per heavy atom. The van der Waals surface area contributed by atoms with E-state index in [1.807, 2.05) is 20.8 Å². The second kappa shape index (κ2) is 5.64. The number of fused-ring (bicyclic) bond motifs is 1. The van der Waals surface area contributed by atoms with Crippen molar-refractivity contribution in [3.63, 3.8) is 0 Å². The summed E-state index contributed by atoms with van der Waals surface area (Å²) in [6, 6.07) is 2.84. The monoisotopic (exact) mass is 335 g/mol. The van der Waals surface area contributed by atoms with Crippen LogP contribution in [0.2, 0.25) is 5.28 Å². The van der Waals surface area contributed by atoms with Crippen molar-refractivity contribution in [2.45, 2.75) is 39.0 Å². The van der Waals surface area contributed by atoms with E-state index < -0.39 is 17.0 Å². The lowest BCUT2D eigenvalue weighted by Gasteiger charge is -2.30. The lowest BCUT2D eigenvalue weighted by atomic mass is 9.71. The van der Waals surface area contributed by atoms with Crippen LogP contribution in [0.25, 0.3) is 11.3 Å². The smallest absolute Gasteiger partial charge is 0.223 e. The highest BCUT2D eigenvalue weighted by Crippen LogP contribution is 2.50. The first-order valence-electron chi connectivity index (χ1n) is 7.51. The normalized spacial score (nSPS) is 15.5. The van der Waals surface area contributed by atoms with Gasteiger partial charge in [-0.25, -0.2) is 18.7 Å². The van der Waals surface area contributed by atoms with E-state index in [0.717, 1.165) is 24.8 Å². The van der Waals surface area contributed by atoms with E-state index in [2.05, 4.69) is 15.0 Å². The molecule has 2 heterocycles. The molecule has 1 aliphatic heterocycles. The van der Waals surface area contributed by atoms with Crippen LogP contribution in [-0.4, -0.2) is 15.7 Å². The Kier molecular flexibility index (Phi) is 3.92. The van der Waals surface area contributed by atoms with Gasteiger partial charge in [0.05, 0.1) is 6.20 Å². The molecule has 0 amide bonds. The van der Waals surface area contributed by atoms with Crippen molar-refractivity contribution in [2.75, 3.05) is 0 Å². The molecule has 0 aliphatic carbocycles. The van der Waals surface area contributed by atoms with Crippen LogP contribution in [0.5, 0.6) is 0 Å². The lowest BCUT2D eigenvalue weighted by molar-refractivity contribution is 0.539. The molecule has 0 atom stereocenters. The maximum Gasteiger partial charge on any atom is 0.223 e. The zero-order valence-corrected chi connectivity index (χ0v) is 13.9. The SMILES string of the molecule is CCC1(CC)C(C)=Nc2c(F)ccc(-c3nc(Cl)ncc3F)c21. The minimum Gasteiger partial charge on any atom is -0.254 e. The number of aliphatic imine (C=N–C) groups is 1. The third kappa shape index (κ3) is 2.26. The van der Waals surface area contributed by atoms with Gasteiger partial charge in [-0.1, -0.05) is 13.8 Å². The summed E-state index contributed by atoms with van der Waals surface area (Å²) in [6.07, 6.45) is 2.51. The highest BCUT2D eigenvalue weighted by Gasteiger charge is 2.42. The van der Waals surface area contributed by atoms with Crippen LogP contribution in [0, 0.1) is 11.6 Å². The molecule has 0 N–H and O–H groups in total. The number of rotatable bonds is 3. The first-order chi connectivity index (χ1) is 10.9. The Morgan fingerprint density at radius 1 is 1.13 bits per heavy atom. The first kappa shape index (κ1) is 16.0. The summed E-state index contributed by atoms with van der Waals surface area (Å²) < 4.78 is 28.6. The number of aromatic nitrogens is 2. The van der Waals surface area contributed by atoms with Crippen LogP contribution in [0.1, 0.15) is 39.2 Å². The standard InChI is InChI=1S/C17H16ClF2N3/c1-4-17(5-2)9(3)22-15-11(19)7-6-10(13(15)17)14-12(20)8-21-16(18)23-14/h6-8H,4-5H2,1-3H3. The minimum atomic E-state index is -0.589. The van der Waals surface area contributed by atoms with Gasteiger partial charge in [0.25, 0.3) is 0 Å². The van der Waals surface area contributed by atoms with Gasteiger partial charge in [-0.05, 0) is 43.5 Å². The minimum absolute atomic E-state index is 0.0475. The zero-order chi connectivity index (χ0) is 16.8. The van der Waals surface area contributed by atoms with Crippen LogP contribution >= 0.6 is 11.6 Å². The van der Waals surface area contributed by atoms with E-state index in [-0.39, 0.29) is 16.7 Å². The Labute approximate surface area is 138 Å². The first-order valence-corrected chi connectivity index (χ1v) is 7.89. The number of nitrogens with zero attached hydrogens (tertiary/aromatic N) is 3. The zero-order valence-electron chi connectivity index (χ0n) is 13.1. The highest BCUT2D eigenvalue weighted by molar-refractivity contribution is 6.28. The molecule has 3 rings (SSSR count). The summed E-state index contributed by atoms with van der Waals surface area (Å²) in [6.45, 7) is 5.94. The molecule has 6 heteroatoms. The average Bonchev–Trinajstić information content (AvgIpc) is 2.84. The summed E-state index contributed by atoms with van der Waals surface area (Å²) in [5.41, 5.74) is 1.98. The Hall–Kier alpha value is -1.88. The maximum absolute atomic E-state index is 14.3. The number of halogens is 3. The molecule has 0 fully saturated rings.